The normalized spacial score (nSPS) is 20.4. The maximum atomic E-state index is 8.84. The minimum absolute atomic E-state index is 0.299. The molecule has 0 amide bonds. The number of halogens is 1. The van der Waals surface area contributed by atoms with Crippen LogP contribution in [0.3, 0.4) is 0 Å². The van der Waals surface area contributed by atoms with Gasteiger partial charge in [0.1, 0.15) is 0 Å². The van der Waals surface area contributed by atoms with E-state index in [2.05, 4.69) is 34.1 Å². The molecule has 0 aromatic heterocycles. The van der Waals surface area contributed by atoms with Crippen LogP contribution in [0.1, 0.15) is 17.2 Å². The number of hydrogen-bond donors (Lipinski definition) is 1. The summed E-state index contributed by atoms with van der Waals surface area (Å²) in [6, 6.07) is 10.3. The molecule has 1 aliphatic heterocycles. The SMILES string of the molecule is N#CC1=C(N)SC(c2ccc(Br)cc2)C1. The van der Waals surface area contributed by atoms with Crippen LogP contribution in [0.5, 0.6) is 0 Å². The van der Waals surface area contributed by atoms with Gasteiger partial charge in [-0.1, -0.05) is 39.8 Å². The second kappa shape index (κ2) is 4.30. The van der Waals surface area contributed by atoms with E-state index in [-0.39, 0.29) is 0 Å². The predicted molar refractivity (Wildman–Crippen MR) is 65.9 cm³/mol. The van der Waals surface area contributed by atoms with Gasteiger partial charge in [-0.25, -0.2) is 0 Å². The zero-order valence-electron chi connectivity index (χ0n) is 7.90. The van der Waals surface area contributed by atoms with Gasteiger partial charge in [0, 0.05) is 16.1 Å². The summed E-state index contributed by atoms with van der Waals surface area (Å²) >= 11 is 4.97. The van der Waals surface area contributed by atoms with Crippen molar-refractivity contribution in [3.63, 3.8) is 0 Å². The highest BCUT2D eigenvalue weighted by Gasteiger charge is 2.24. The number of hydrogen-bond acceptors (Lipinski definition) is 3. The molecule has 2 nitrogen and oxygen atoms in total. The van der Waals surface area contributed by atoms with E-state index in [0.717, 1.165) is 10.9 Å². The first-order valence-corrected chi connectivity index (χ1v) is 6.19. The van der Waals surface area contributed by atoms with Crippen molar-refractivity contribution in [2.45, 2.75) is 11.7 Å². The number of rotatable bonds is 1. The van der Waals surface area contributed by atoms with Gasteiger partial charge in [-0.05, 0) is 17.7 Å². The summed E-state index contributed by atoms with van der Waals surface area (Å²) in [5, 5.41) is 9.81. The van der Waals surface area contributed by atoms with Gasteiger partial charge in [-0.2, -0.15) is 5.26 Å². The van der Waals surface area contributed by atoms with Crippen molar-refractivity contribution < 1.29 is 0 Å². The van der Waals surface area contributed by atoms with Crippen LogP contribution in [0.15, 0.2) is 39.3 Å². The smallest absolute Gasteiger partial charge is 0.0975 e. The summed E-state index contributed by atoms with van der Waals surface area (Å²) in [6.07, 6.45) is 0.745. The molecule has 1 unspecified atom stereocenters. The maximum Gasteiger partial charge on any atom is 0.0975 e. The molecule has 0 saturated carbocycles. The van der Waals surface area contributed by atoms with Crippen molar-refractivity contribution in [1.82, 2.24) is 0 Å². The summed E-state index contributed by atoms with van der Waals surface area (Å²) < 4.78 is 1.07. The largest absolute Gasteiger partial charge is 0.393 e. The number of allylic oxidation sites excluding steroid dienone is 1. The zero-order valence-corrected chi connectivity index (χ0v) is 10.3. The molecule has 76 valence electrons. The molecule has 4 heteroatoms. The molecule has 15 heavy (non-hydrogen) atoms. The Morgan fingerprint density at radius 2 is 2.07 bits per heavy atom. The molecule has 0 spiro atoms. The molecular formula is C11H9BrN2S. The third kappa shape index (κ3) is 2.19. The van der Waals surface area contributed by atoms with Gasteiger partial charge < -0.3 is 5.73 Å². The lowest BCUT2D eigenvalue weighted by Gasteiger charge is -2.08. The average Bonchev–Trinajstić information content (AvgIpc) is 2.61. The summed E-state index contributed by atoms with van der Waals surface area (Å²) in [6.45, 7) is 0. The molecule has 1 aliphatic rings. The van der Waals surface area contributed by atoms with Crippen molar-refractivity contribution in [3.05, 3.63) is 44.9 Å². The van der Waals surface area contributed by atoms with Crippen molar-refractivity contribution in [2.75, 3.05) is 0 Å². The van der Waals surface area contributed by atoms with E-state index in [0.29, 0.717) is 15.9 Å². The van der Waals surface area contributed by atoms with Crippen LogP contribution in [0, 0.1) is 11.3 Å². The van der Waals surface area contributed by atoms with Crippen molar-refractivity contribution in [1.29, 1.82) is 5.26 Å². The number of nitrogens with zero attached hydrogens (tertiary/aromatic N) is 1. The van der Waals surface area contributed by atoms with Gasteiger partial charge in [0.25, 0.3) is 0 Å². The van der Waals surface area contributed by atoms with E-state index in [1.165, 1.54) is 5.56 Å². The third-order valence-corrected chi connectivity index (χ3v) is 4.09. The topological polar surface area (TPSA) is 49.8 Å². The highest BCUT2D eigenvalue weighted by Crippen LogP contribution is 2.45. The van der Waals surface area contributed by atoms with E-state index in [4.69, 9.17) is 11.0 Å². The van der Waals surface area contributed by atoms with Crippen LogP contribution in [0.25, 0.3) is 0 Å². The highest BCUT2D eigenvalue weighted by atomic mass is 79.9. The fraction of sp³-hybridized carbons (Fsp3) is 0.182. The minimum atomic E-state index is 0.299. The second-order valence-electron chi connectivity index (χ2n) is 3.32. The Morgan fingerprint density at radius 3 is 2.60 bits per heavy atom. The van der Waals surface area contributed by atoms with Gasteiger partial charge in [-0.3, -0.25) is 0 Å². The monoisotopic (exact) mass is 280 g/mol. The van der Waals surface area contributed by atoms with Crippen LogP contribution in [0.4, 0.5) is 0 Å². The van der Waals surface area contributed by atoms with Crippen LogP contribution in [-0.4, -0.2) is 0 Å². The van der Waals surface area contributed by atoms with Crippen LogP contribution in [-0.2, 0) is 0 Å². The summed E-state index contributed by atoms with van der Waals surface area (Å²) in [5.74, 6) is 0. The molecule has 0 aliphatic carbocycles. The van der Waals surface area contributed by atoms with Crippen molar-refractivity contribution >= 4 is 27.7 Å². The lowest BCUT2D eigenvalue weighted by molar-refractivity contribution is 0.959. The van der Waals surface area contributed by atoms with Crippen LogP contribution >= 0.6 is 27.7 Å². The van der Waals surface area contributed by atoms with Gasteiger partial charge in [-0.15, -0.1) is 0 Å². The molecule has 0 fully saturated rings. The van der Waals surface area contributed by atoms with Gasteiger partial charge >= 0.3 is 0 Å². The predicted octanol–water partition coefficient (Wildman–Crippen LogP) is 3.32. The minimum Gasteiger partial charge on any atom is -0.393 e. The summed E-state index contributed by atoms with van der Waals surface area (Å²) in [5.41, 5.74) is 7.69. The molecule has 2 rings (SSSR count). The summed E-state index contributed by atoms with van der Waals surface area (Å²) in [4.78, 5) is 0. The Labute approximate surface area is 101 Å². The fourth-order valence-electron chi connectivity index (χ4n) is 1.52. The maximum absolute atomic E-state index is 8.84. The van der Waals surface area contributed by atoms with E-state index in [1.807, 2.05) is 12.1 Å². The number of nitrogens with two attached hydrogens (primary N) is 1. The van der Waals surface area contributed by atoms with Crippen LogP contribution < -0.4 is 5.73 Å². The third-order valence-electron chi connectivity index (χ3n) is 2.33. The number of benzene rings is 1. The number of nitriles is 1. The summed E-state index contributed by atoms with van der Waals surface area (Å²) in [7, 11) is 0. The molecule has 0 radical (unpaired) electrons. The lowest BCUT2D eigenvalue weighted by atomic mass is 10.1. The molecule has 2 N–H and O–H groups in total. The van der Waals surface area contributed by atoms with Gasteiger partial charge in [0.2, 0.25) is 0 Å². The van der Waals surface area contributed by atoms with Crippen molar-refractivity contribution in [2.24, 2.45) is 5.73 Å². The van der Waals surface area contributed by atoms with Gasteiger partial charge in [0.15, 0.2) is 0 Å². The molecule has 1 aromatic rings. The molecular weight excluding hydrogens is 272 g/mol. The quantitative estimate of drug-likeness (QED) is 0.859. The molecule has 0 bridgehead atoms. The van der Waals surface area contributed by atoms with E-state index >= 15 is 0 Å². The fourth-order valence-corrected chi connectivity index (χ4v) is 2.90. The van der Waals surface area contributed by atoms with E-state index in [9.17, 15) is 0 Å². The van der Waals surface area contributed by atoms with E-state index < -0.39 is 0 Å². The first-order valence-electron chi connectivity index (χ1n) is 4.51. The Bertz CT molecular complexity index is 445. The van der Waals surface area contributed by atoms with Gasteiger partial charge in [0.05, 0.1) is 16.7 Å². The molecule has 1 heterocycles. The highest BCUT2D eigenvalue weighted by molar-refractivity contribution is 9.10. The first kappa shape index (κ1) is 10.6. The second-order valence-corrected chi connectivity index (χ2v) is 5.48. The van der Waals surface area contributed by atoms with Crippen LogP contribution in [0.2, 0.25) is 0 Å². The Kier molecular flexibility index (Phi) is 3.03. The first-order chi connectivity index (χ1) is 7.20. The Balaban J connectivity index is 2.18. The standard InChI is InChI=1S/C11H9BrN2S/c12-9-3-1-7(2-4-9)10-5-8(6-13)11(14)15-10/h1-4,10H,5,14H2. The Hall–Kier alpha value is -0.920. The Morgan fingerprint density at radius 1 is 1.40 bits per heavy atom. The average molecular weight is 281 g/mol. The lowest BCUT2D eigenvalue weighted by Crippen LogP contribution is -1.90. The number of thioether (sulfide) groups is 1. The molecule has 1 atom stereocenters. The zero-order chi connectivity index (χ0) is 10.8. The molecule has 1 aromatic carbocycles. The molecule has 0 saturated heterocycles. The van der Waals surface area contributed by atoms with Crippen molar-refractivity contribution in [3.8, 4) is 6.07 Å². The van der Waals surface area contributed by atoms with E-state index in [1.54, 1.807) is 11.8 Å².